The molecule has 0 N–H and O–H groups in total. The van der Waals surface area contributed by atoms with Gasteiger partial charge in [-0.1, -0.05) is 105 Å². The molecule has 0 unspecified atom stereocenters. The van der Waals surface area contributed by atoms with Crippen molar-refractivity contribution in [2.75, 3.05) is 0 Å². The number of hydrogen-bond donors (Lipinski definition) is 0. The van der Waals surface area contributed by atoms with Crippen LogP contribution < -0.4 is 32.6 Å². The van der Waals surface area contributed by atoms with E-state index < -0.39 is 0 Å². The average Bonchev–Trinajstić information content (AvgIpc) is 3.28. The smallest absolute Gasteiger partial charge is 0.194 e. The van der Waals surface area contributed by atoms with Crippen LogP contribution in [-0.4, -0.2) is 0 Å². The Morgan fingerprint density at radius 1 is 0.242 bits per heavy atom. The first-order valence-corrected chi connectivity index (χ1v) is 23.9. The molecule has 8 aromatic rings. The Kier molecular flexibility index (Phi) is 11.6. The van der Waals surface area contributed by atoms with Crippen molar-refractivity contribution >= 4 is 86.2 Å². The lowest BCUT2D eigenvalue weighted by Gasteiger charge is -2.20. The molecule has 6 nitrogen and oxygen atoms in total. The first kappa shape index (κ1) is 42.0. The second kappa shape index (κ2) is 17.1. The molecule has 318 valence electrons. The van der Waals surface area contributed by atoms with Gasteiger partial charge in [0.25, 0.3) is 0 Å². The van der Waals surface area contributed by atoms with Crippen LogP contribution in [0.25, 0.3) is 86.2 Å². The predicted octanol–water partition coefficient (Wildman–Crippen LogP) is 12.2. The van der Waals surface area contributed by atoms with Gasteiger partial charge in [-0.05, 0) is 132 Å². The second-order valence-corrected chi connectivity index (χ2v) is 18.5. The highest BCUT2D eigenvalue weighted by Crippen LogP contribution is 2.39. The number of fused-ring (bicyclic) bond motifs is 8. The summed E-state index contributed by atoms with van der Waals surface area (Å²) in [6.45, 7) is 8.59. The zero-order valence-corrected chi connectivity index (χ0v) is 37.1. The van der Waals surface area contributed by atoms with Crippen LogP contribution in [0.4, 0.5) is 0 Å². The van der Waals surface area contributed by atoms with Gasteiger partial charge in [0.2, 0.25) is 0 Å². The minimum Gasteiger partial charge on any atom is -0.289 e. The first-order valence-electron chi connectivity index (χ1n) is 23.9. The monoisotopic (exact) mass is 826 g/mol. The summed E-state index contributed by atoms with van der Waals surface area (Å²) in [5.74, 6) is 0. The molecule has 0 fully saturated rings. The summed E-state index contributed by atoms with van der Waals surface area (Å²) in [4.78, 5) is 91.8. The van der Waals surface area contributed by atoms with Gasteiger partial charge in [0, 0.05) is 64.6 Å². The van der Waals surface area contributed by atoms with Crippen LogP contribution in [0.3, 0.4) is 0 Å². The Balaban J connectivity index is 1.57. The van der Waals surface area contributed by atoms with Gasteiger partial charge in [0.1, 0.15) is 0 Å². The maximum atomic E-state index is 15.4. The number of rotatable bonds is 20. The molecule has 62 heavy (non-hydrogen) atoms. The second-order valence-electron chi connectivity index (χ2n) is 18.5. The Bertz CT molecular complexity index is 3030. The molecule has 0 spiro atoms. The standard InChI is InChI=1S/C56H58O6/c1-5-9-13-17-21-31-35-25-39-40-26-36(35)32(22-18-14-10-6-2)48-47(31)53(59)43-29-45-46(30-44(43)54(48)60)56(62)50-34(24-20-16-12-8-4)38-28-42(52(40)58)41(51(39)57)27-37(38)33(49(50)55(45)61)23-19-15-11-7-3/h25-30H,5-24H2,1-4H3. The van der Waals surface area contributed by atoms with Crippen LogP contribution >= 0.6 is 0 Å². The average molecular weight is 827 g/mol. The van der Waals surface area contributed by atoms with E-state index in [-0.39, 0.29) is 54.1 Å². The lowest BCUT2D eigenvalue weighted by molar-refractivity contribution is 0.667. The van der Waals surface area contributed by atoms with Crippen LogP contribution in [-0.2, 0) is 25.7 Å². The van der Waals surface area contributed by atoms with Crippen LogP contribution in [0, 0.1) is 0 Å². The van der Waals surface area contributed by atoms with Gasteiger partial charge in [-0.15, -0.1) is 0 Å². The first-order chi connectivity index (χ1) is 30.2. The normalized spacial score (nSPS) is 12.6. The molecule has 0 saturated heterocycles. The predicted molar refractivity (Wildman–Crippen MR) is 263 cm³/mol. The van der Waals surface area contributed by atoms with Crippen molar-refractivity contribution in [3.05, 3.63) is 120 Å². The zero-order chi connectivity index (χ0) is 43.4. The highest BCUT2D eigenvalue weighted by Gasteiger charge is 2.28. The molecule has 6 heteroatoms. The highest BCUT2D eigenvalue weighted by atomic mass is 16.1. The molecule has 0 aliphatic rings. The largest absolute Gasteiger partial charge is 0.289 e. The van der Waals surface area contributed by atoms with Crippen molar-refractivity contribution in [2.45, 2.75) is 156 Å². The Hall–Kier alpha value is -5.36. The SMILES string of the molecule is CCCCCCc1c2cc3c(=O)c4cc5c(CCCCCC)c6c(=O)c7cc8c(=O)c1c1c(CCCCCC)c2cc3c(=O)c4cc5c(CCCCCC)c6c(=O)c7cc8c1=O. The lowest BCUT2D eigenvalue weighted by Crippen LogP contribution is -2.21. The summed E-state index contributed by atoms with van der Waals surface area (Å²) in [5, 5.41) is 6.25. The molecule has 0 amide bonds. The maximum Gasteiger partial charge on any atom is 0.194 e. The van der Waals surface area contributed by atoms with Gasteiger partial charge in [0.05, 0.1) is 0 Å². The molecule has 0 bridgehead atoms. The van der Waals surface area contributed by atoms with Crippen molar-refractivity contribution in [2.24, 2.45) is 0 Å². The van der Waals surface area contributed by atoms with Crippen molar-refractivity contribution in [3.63, 3.8) is 0 Å². The molecule has 0 aliphatic carbocycles. The van der Waals surface area contributed by atoms with Crippen LogP contribution in [0.1, 0.15) is 153 Å². The molecule has 8 rings (SSSR count). The topological polar surface area (TPSA) is 102 Å². The van der Waals surface area contributed by atoms with Gasteiger partial charge < -0.3 is 0 Å². The summed E-state index contributed by atoms with van der Waals surface area (Å²) in [6.07, 6.45) is 17.1. The Labute approximate surface area is 361 Å². The molecule has 0 heterocycles. The van der Waals surface area contributed by atoms with E-state index in [9.17, 15) is 0 Å². The summed E-state index contributed by atoms with van der Waals surface area (Å²) in [5.41, 5.74) is 1.07. The third-order valence-electron chi connectivity index (χ3n) is 14.5. The molecular formula is C56H58O6. The van der Waals surface area contributed by atoms with Crippen LogP contribution in [0.5, 0.6) is 0 Å². The summed E-state index contributed by atoms with van der Waals surface area (Å²) >= 11 is 0. The van der Waals surface area contributed by atoms with E-state index >= 15 is 28.8 Å². The molecule has 0 aliphatic heterocycles. The summed E-state index contributed by atoms with van der Waals surface area (Å²) in [7, 11) is 0. The fourth-order valence-electron chi connectivity index (χ4n) is 11.2. The van der Waals surface area contributed by atoms with Crippen molar-refractivity contribution in [1.29, 1.82) is 0 Å². The summed E-state index contributed by atoms with van der Waals surface area (Å²) < 4.78 is 0. The molecule has 0 atom stereocenters. The minimum absolute atomic E-state index is 0.158. The summed E-state index contributed by atoms with van der Waals surface area (Å²) in [6, 6.07) is 10.6. The van der Waals surface area contributed by atoms with Crippen molar-refractivity contribution < 1.29 is 0 Å². The lowest BCUT2D eigenvalue weighted by atomic mass is 9.82. The number of unbranched alkanes of at least 4 members (excludes halogenated alkanes) is 12. The van der Waals surface area contributed by atoms with Gasteiger partial charge in [0.15, 0.2) is 32.6 Å². The van der Waals surface area contributed by atoms with E-state index in [0.29, 0.717) is 68.8 Å². The molecule has 0 aromatic heterocycles. The number of aryl methyl sites for hydroxylation is 4. The van der Waals surface area contributed by atoms with Gasteiger partial charge in [-0.25, -0.2) is 0 Å². The van der Waals surface area contributed by atoms with E-state index in [4.69, 9.17) is 0 Å². The minimum atomic E-state index is -0.322. The molecule has 0 saturated carbocycles. The van der Waals surface area contributed by atoms with E-state index in [1.54, 1.807) is 12.1 Å². The fraction of sp³-hybridized carbons (Fsp3) is 0.429. The van der Waals surface area contributed by atoms with Crippen LogP contribution in [0.15, 0.2) is 65.2 Å². The van der Waals surface area contributed by atoms with E-state index in [1.165, 1.54) is 0 Å². The maximum absolute atomic E-state index is 15.4. The zero-order valence-electron chi connectivity index (χ0n) is 37.1. The van der Waals surface area contributed by atoms with E-state index in [2.05, 4.69) is 27.7 Å². The molecule has 8 aromatic carbocycles. The number of benzene rings is 8. The van der Waals surface area contributed by atoms with Gasteiger partial charge in [-0.2, -0.15) is 0 Å². The quantitative estimate of drug-likeness (QED) is 0.0560. The van der Waals surface area contributed by atoms with Crippen molar-refractivity contribution in [3.8, 4) is 0 Å². The van der Waals surface area contributed by atoms with E-state index in [1.807, 2.05) is 24.3 Å². The van der Waals surface area contributed by atoms with Gasteiger partial charge in [-0.3, -0.25) is 28.8 Å². The number of hydrogen-bond acceptors (Lipinski definition) is 6. The van der Waals surface area contributed by atoms with Gasteiger partial charge >= 0.3 is 0 Å². The Morgan fingerprint density at radius 2 is 0.435 bits per heavy atom. The van der Waals surface area contributed by atoms with Crippen molar-refractivity contribution in [1.82, 2.24) is 0 Å². The highest BCUT2D eigenvalue weighted by molar-refractivity contribution is 6.19. The third-order valence-corrected chi connectivity index (χ3v) is 14.5. The van der Waals surface area contributed by atoms with Crippen LogP contribution in [0.2, 0.25) is 0 Å². The molecular weight excluding hydrogens is 769 g/mol. The molecule has 0 radical (unpaired) electrons. The Morgan fingerprint density at radius 3 is 0.645 bits per heavy atom. The van der Waals surface area contributed by atoms with E-state index in [0.717, 1.165) is 147 Å². The third kappa shape index (κ3) is 6.57. The fourth-order valence-corrected chi connectivity index (χ4v) is 11.2.